The van der Waals surface area contributed by atoms with E-state index < -0.39 is 90.1 Å². The number of rotatable bonds is 10. The molecule has 18 nitrogen and oxygen atoms in total. The number of piperidine rings is 1. The minimum Gasteiger partial charge on any atom is -0.460 e. The molecule has 0 unspecified atom stereocenters. The van der Waals surface area contributed by atoms with Crippen LogP contribution in [-0.4, -0.2) is 189 Å². The number of cyclic esters (lactones) is 1. The average molecular weight is 1060 g/mol. The van der Waals surface area contributed by atoms with Gasteiger partial charge in [0.2, 0.25) is 5.79 Å². The second-order valence-corrected chi connectivity index (χ2v) is 21.8. The summed E-state index contributed by atoms with van der Waals surface area (Å²) in [5, 5.41) is 23.4. The molecular formula is C57H89N3O15. The number of fused-ring (bicyclic) bond motifs is 3. The third-order valence-electron chi connectivity index (χ3n) is 16.3. The number of Topliss-reactive ketones (excluding diaryl/α,β-unsaturated/α-hetero) is 3. The van der Waals surface area contributed by atoms with E-state index in [1.807, 2.05) is 44.2 Å². The fourth-order valence-electron chi connectivity index (χ4n) is 11.1. The zero-order valence-corrected chi connectivity index (χ0v) is 46.3. The predicted octanol–water partition coefficient (Wildman–Crippen LogP) is 6.10. The number of ether oxygens (including phenoxy) is 7. The zero-order valence-electron chi connectivity index (χ0n) is 46.3. The summed E-state index contributed by atoms with van der Waals surface area (Å²) in [6, 6.07) is -1.17. The molecule has 4 aliphatic heterocycles. The number of hydrogen-bond acceptors (Lipinski definition) is 16. The Bertz CT molecular complexity index is 2030. The smallest absolute Gasteiger partial charge is 0.409 e. The number of amides is 2. The summed E-state index contributed by atoms with van der Waals surface area (Å²) < 4.78 is 41.2. The Labute approximate surface area is 445 Å². The number of nitrogens with zero attached hydrogens (tertiary/aromatic N) is 3. The van der Waals surface area contributed by atoms with Crippen LogP contribution in [0.3, 0.4) is 0 Å². The van der Waals surface area contributed by atoms with E-state index in [1.165, 1.54) is 12.0 Å². The van der Waals surface area contributed by atoms with Crippen molar-refractivity contribution in [1.82, 2.24) is 14.7 Å². The lowest BCUT2D eigenvalue weighted by molar-refractivity contribution is -0.265. The minimum absolute atomic E-state index is 0.0463. The van der Waals surface area contributed by atoms with Crippen LogP contribution in [-0.2, 0) is 57.1 Å². The summed E-state index contributed by atoms with van der Waals surface area (Å²) in [5.41, 5.74) is 1.25. The van der Waals surface area contributed by atoms with Crippen LogP contribution in [0.4, 0.5) is 4.79 Å². The molecule has 0 aromatic rings. The van der Waals surface area contributed by atoms with Crippen LogP contribution in [0, 0.1) is 23.7 Å². The second-order valence-electron chi connectivity index (χ2n) is 21.8. The normalized spacial score (nSPS) is 36.0. The predicted molar refractivity (Wildman–Crippen MR) is 280 cm³/mol. The van der Waals surface area contributed by atoms with Crippen molar-refractivity contribution in [2.45, 2.75) is 179 Å². The van der Waals surface area contributed by atoms with E-state index in [9.17, 15) is 39.0 Å². The highest BCUT2D eigenvalue weighted by atomic mass is 16.6. The van der Waals surface area contributed by atoms with Gasteiger partial charge in [0.25, 0.3) is 11.7 Å². The van der Waals surface area contributed by atoms with Gasteiger partial charge < -0.3 is 53.2 Å². The van der Waals surface area contributed by atoms with E-state index in [0.29, 0.717) is 103 Å². The molecule has 422 valence electrons. The molecule has 0 spiro atoms. The fraction of sp³-hybridized carbons (Fsp3) is 0.754. The Morgan fingerprint density at radius 1 is 0.880 bits per heavy atom. The highest BCUT2D eigenvalue weighted by molar-refractivity contribution is 6.39. The van der Waals surface area contributed by atoms with E-state index in [0.717, 1.165) is 18.7 Å². The van der Waals surface area contributed by atoms with Crippen LogP contribution >= 0.6 is 0 Å². The van der Waals surface area contributed by atoms with E-state index in [4.69, 9.17) is 33.2 Å². The number of esters is 1. The van der Waals surface area contributed by atoms with Gasteiger partial charge in [-0.2, -0.15) is 0 Å². The van der Waals surface area contributed by atoms with Gasteiger partial charge in [0.15, 0.2) is 5.78 Å². The molecule has 13 atom stereocenters. The molecule has 5 rings (SSSR count). The standard InChI is InChI=1S/C57H89N3O15/c1-37-17-13-11-10-12-14-18-38(2)50(62)52(71-9)51(63)39(3)20-23-43(61)35-48(40(4)33-42-22-25-46(49(34-42)70-8)74-56(67)58(6)27-28-59-29-31-72-32-30-59)73-55(66)45-19-15-16-26-60(45)54(65)53(64)57(68)41(5)21-24-44(75-57)36-47(37)69-7/h10-13,17,20,38,40-42,44-49,51-52,63,68H,14-16,18-19,21-36H2,1-9H3/b12-10+,13-11+,37-17+,39-20+/t38-,40-,41-,42+,44+,45+,46-,47+,48+,49-,51-,52+,57-/m1/s1. The molecule has 0 aromatic carbocycles. The summed E-state index contributed by atoms with van der Waals surface area (Å²) in [5.74, 6) is -7.44. The molecule has 0 radical (unpaired) electrons. The molecule has 1 aliphatic carbocycles. The zero-order chi connectivity index (χ0) is 54.8. The molecule has 2 bridgehead atoms. The van der Waals surface area contributed by atoms with Gasteiger partial charge >= 0.3 is 12.1 Å². The van der Waals surface area contributed by atoms with E-state index in [-0.39, 0.29) is 49.2 Å². The summed E-state index contributed by atoms with van der Waals surface area (Å²) >= 11 is 0. The van der Waals surface area contributed by atoms with Crippen LogP contribution in [0.2, 0.25) is 0 Å². The van der Waals surface area contributed by atoms with Gasteiger partial charge in [-0.05, 0) is 107 Å². The van der Waals surface area contributed by atoms with Gasteiger partial charge in [-0.15, -0.1) is 0 Å². The van der Waals surface area contributed by atoms with Crippen molar-refractivity contribution in [2.24, 2.45) is 23.7 Å². The largest absolute Gasteiger partial charge is 0.460 e. The average Bonchev–Trinajstić information content (AvgIpc) is 3.41. The van der Waals surface area contributed by atoms with Crippen LogP contribution in [0.25, 0.3) is 0 Å². The second kappa shape index (κ2) is 30.1. The van der Waals surface area contributed by atoms with Crippen molar-refractivity contribution in [3.05, 3.63) is 47.6 Å². The number of aliphatic hydroxyl groups is 2. The van der Waals surface area contributed by atoms with E-state index in [1.54, 1.807) is 53.0 Å². The number of aliphatic hydroxyl groups excluding tert-OH is 1. The minimum atomic E-state index is -2.45. The Hall–Kier alpha value is -4.14. The van der Waals surface area contributed by atoms with Gasteiger partial charge in [0.1, 0.15) is 36.2 Å². The molecular weight excluding hydrogens is 967 g/mol. The number of allylic oxidation sites excluding steroid dienone is 6. The quantitative estimate of drug-likeness (QED) is 0.144. The first-order valence-corrected chi connectivity index (χ1v) is 27.5. The molecule has 2 N–H and O–H groups in total. The summed E-state index contributed by atoms with van der Waals surface area (Å²) in [6.45, 7) is 13.2. The van der Waals surface area contributed by atoms with E-state index in [2.05, 4.69) is 4.90 Å². The first kappa shape index (κ1) is 61.7. The number of carbonyl (C=O) groups excluding carboxylic acids is 6. The Morgan fingerprint density at radius 3 is 2.33 bits per heavy atom. The molecule has 2 amide bonds. The SMILES string of the molecule is CO[C@H]1C[C@@H]2CC[C@@H](C)[C@@](O)(O2)C(=O)C(=O)N2CCCC[C@H]2C(=O)O[C@H]([C@H](C)C[C@@H]2CC[C@@H](OC(=O)N(C)CCN3CCOCC3)[C@H](OC)C2)CC(=O)C/C=C(\C)[C@@H](O)[C@@H](OC)C(=O)[C@H](C)CC/C=C/C=C/C=C/1C. The third kappa shape index (κ3) is 17.4. The number of methoxy groups -OCH3 is 3. The Morgan fingerprint density at radius 2 is 1.63 bits per heavy atom. The molecule has 1 saturated carbocycles. The van der Waals surface area contributed by atoms with E-state index >= 15 is 0 Å². The first-order valence-electron chi connectivity index (χ1n) is 27.5. The molecule has 4 heterocycles. The maximum absolute atomic E-state index is 14.5. The van der Waals surface area contributed by atoms with Gasteiger partial charge in [-0.3, -0.25) is 24.1 Å². The van der Waals surface area contributed by atoms with Crippen molar-refractivity contribution >= 4 is 35.3 Å². The van der Waals surface area contributed by atoms with Crippen LogP contribution < -0.4 is 0 Å². The van der Waals surface area contributed by atoms with Gasteiger partial charge in [-0.1, -0.05) is 57.2 Å². The number of hydrogen-bond donors (Lipinski definition) is 2. The molecule has 75 heavy (non-hydrogen) atoms. The number of carbonyl (C=O) groups is 6. The summed E-state index contributed by atoms with van der Waals surface area (Å²) in [6.07, 6.45) is 10.9. The Kier molecular flexibility index (Phi) is 24.8. The van der Waals surface area contributed by atoms with Crippen molar-refractivity contribution < 1.29 is 72.1 Å². The van der Waals surface area contributed by atoms with Gasteiger partial charge in [0.05, 0.1) is 31.5 Å². The van der Waals surface area contributed by atoms with Crippen molar-refractivity contribution in [1.29, 1.82) is 0 Å². The van der Waals surface area contributed by atoms with Crippen LogP contribution in [0.15, 0.2) is 47.6 Å². The Balaban J connectivity index is 1.37. The molecule has 3 saturated heterocycles. The van der Waals surface area contributed by atoms with Crippen molar-refractivity contribution in [3.8, 4) is 0 Å². The first-order chi connectivity index (χ1) is 35.8. The van der Waals surface area contributed by atoms with Crippen molar-refractivity contribution in [2.75, 3.05) is 74.3 Å². The summed E-state index contributed by atoms with van der Waals surface area (Å²) in [4.78, 5) is 89.0. The third-order valence-corrected chi connectivity index (χ3v) is 16.3. The lowest BCUT2D eigenvalue weighted by Crippen LogP contribution is -2.61. The molecule has 18 heteroatoms. The van der Waals surface area contributed by atoms with Gasteiger partial charge in [0, 0.05) is 92.2 Å². The van der Waals surface area contributed by atoms with Crippen LogP contribution in [0.1, 0.15) is 125 Å². The highest BCUT2D eigenvalue weighted by Gasteiger charge is 2.53. The lowest BCUT2D eigenvalue weighted by Gasteiger charge is -2.42. The fourth-order valence-corrected chi connectivity index (χ4v) is 11.1. The monoisotopic (exact) mass is 1060 g/mol. The molecule has 5 aliphatic rings. The number of morpholine rings is 1. The maximum atomic E-state index is 14.5. The number of ketones is 3. The van der Waals surface area contributed by atoms with Crippen LogP contribution in [0.5, 0.6) is 0 Å². The highest BCUT2D eigenvalue weighted by Crippen LogP contribution is 2.38. The lowest BCUT2D eigenvalue weighted by atomic mass is 9.78. The van der Waals surface area contributed by atoms with Crippen molar-refractivity contribution in [3.63, 3.8) is 0 Å². The van der Waals surface area contributed by atoms with Gasteiger partial charge in [-0.25, -0.2) is 9.59 Å². The summed E-state index contributed by atoms with van der Waals surface area (Å²) in [7, 11) is 6.26. The molecule has 4 fully saturated rings. The molecule has 0 aromatic heterocycles. The topological polar surface area (TPSA) is 217 Å². The maximum Gasteiger partial charge on any atom is 0.409 e. The number of likely N-dealkylation sites (N-methyl/N-ethyl adjacent to an activating group) is 1.